The number of carbonyl (C=O) groups excluding carboxylic acids is 1. The minimum Gasteiger partial charge on any atom is -0.300 e. The van der Waals surface area contributed by atoms with Crippen LogP contribution in [0.15, 0.2) is 22.7 Å². The van der Waals surface area contributed by atoms with Gasteiger partial charge < -0.3 is 0 Å². The van der Waals surface area contributed by atoms with Gasteiger partial charge in [-0.15, -0.1) is 0 Å². The van der Waals surface area contributed by atoms with Crippen LogP contribution >= 0.6 is 15.9 Å². The molecular weight excluding hydrogens is 276 g/mol. The Labute approximate surface area is 113 Å². The Balaban J connectivity index is 2.59. The Kier molecular flexibility index (Phi) is 5.90. The molecule has 0 aliphatic rings. The molecule has 0 radical (unpaired) electrons. The molecule has 0 aromatic heterocycles. The van der Waals surface area contributed by atoms with Gasteiger partial charge in [0.25, 0.3) is 0 Å². The Morgan fingerprint density at radius 3 is 2.76 bits per heavy atom. The van der Waals surface area contributed by atoms with Crippen molar-refractivity contribution in [3.63, 3.8) is 0 Å². The lowest BCUT2D eigenvalue weighted by Gasteiger charge is -2.13. The first-order chi connectivity index (χ1) is 8.04. The van der Waals surface area contributed by atoms with E-state index in [0.717, 1.165) is 23.7 Å². The molecule has 0 bridgehead atoms. The summed E-state index contributed by atoms with van der Waals surface area (Å²) < 4.78 is 1.15. The SMILES string of the molecule is CCCC(=O)CC(C)Cc1cccc(Br)c1C. The molecule has 2 heteroatoms. The Bertz CT molecular complexity index is 385. The summed E-state index contributed by atoms with van der Waals surface area (Å²) >= 11 is 3.54. The zero-order valence-corrected chi connectivity index (χ0v) is 12.5. The highest BCUT2D eigenvalue weighted by atomic mass is 79.9. The summed E-state index contributed by atoms with van der Waals surface area (Å²) in [4.78, 5) is 11.6. The topological polar surface area (TPSA) is 17.1 Å². The minimum atomic E-state index is 0.396. The van der Waals surface area contributed by atoms with Crippen molar-refractivity contribution in [3.8, 4) is 0 Å². The first-order valence-corrected chi connectivity index (χ1v) is 7.09. The molecule has 0 saturated carbocycles. The van der Waals surface area contributed by atoms with E-state index in [9.17, 15) is 4.79 Å². The molecule has 0 fully saturated rings. The van der Waals surface area contributed by atoms with Crippen molar-refractivity contribution in [2.45, 2.75) is 46.5 Å². The second-order valence-corrected chi connectivity index (χ2v) is 5.68. The van der Waals surface area contributed by atoms with E-state index in [1.165, 1.54) is 11.1 Å². The van der Waals surface area contributed by atoms with E-state index in [0.29, 0.717) is 18.1 Å². The van der Waals surface area contributed by atoms with Gasteiger partial charge in [0, 0.05) is 17.3 Å². The highest BCUT2D eigenvalue weighted by molar-refractivity contribution is 9.10. The van der Waals surface area contributed by atoms with Gasteiger partial charge in [0.15, 0.2) is 0 Å². The van der Waals surface area contributed by atoms with Crippen molar-refractivity contribution >= 4 is 21.7 Å². The Hall–Kier alpha value is -0.630. The van der Waals surface area contributed by atoms with Crippen molar-refractivity contribution in [2.24, 2.45) is 5.92 Å². The molecule has 0 spiro atoms. The van der Waals surface area contributed by atoms with Gasteiger partial charge in [-0.25, -0.2) is 0 Å². The van der Waals surface area contributed by atoms with Crippen LogP contribution in [0.4, 0.5) is 0 Å². The number of carbonyl (C=O) groups is 1. The van der Waals surface area contributed by atoms with Gasteiger partial charge >= 0.3 is 0 Å². The smallest absolute Gasteiger partial charge is 0.133 e. The average Bonchev–Trinajstić information content (AvgIpc) is 2.25. The van der Waals surface area contributed by atoms with Gasteiger partial charge in [-0.05, 0) is 42.9 Å². The molecule has 94 valence electrons. The lowest BCUT2D eigenvalue weighted by Crippen LogP contribution is -2.08. The summed E-state index contributed by atoms with van der Waals surface area (Å²) in [5.41, 5.74) is 2.64. The third kappa shape index (κ3) is 4.63. The molecule has 1 unspecified atom stereocenters. The Morgan fingerprint density at radius 2 is 2.12 bits per heavy atom. The Morgan fingerprint density at radius 1 is 1.41 bits per heavy atom. The number of benzene rings is 1. The highest BCUT2D eigenvalue weighted by Gasteiger charge is 2.11. The molecule has 1 atom stereocenters. The van der Waals surface area contributed by atoms with E-state index < -0.39 is 0 Å². The normalized spacial score (nSPS) is 12.5. The second kappa shape index (κ2) is 6.95. The number of ketones is 1. The van der Waals surface area contributed by atoms with E-state index >= 15 is 0 Å². The number of hydrogen-bond donors (Lipinski definition) is 0. The molecule has 1 nitrogen and oxygen atoms in total. The highest BCUT2D eigenvalue weighted by Crippen LogP contribution is 2.23. The summed E-state index contributed by atoms with van der Waals surface area (Å²) in [5, 5.41) is 0. The maximum Gasteiger partial charge on any atom is 0.133 e. The first kappa shape index (κ1) is 14.4. The average molecular weight is 297 g/mol. The third-order valence-corrected chi connectivity index (χ3v) is 3.91. The molecule has 0 amide bonds. The first-order valence-electron chi connectivity index (χ1n) is 6.30. The van der Waals surface area contributed by atoms with Crippen LogP contribution in [0.1, 0.15) is 44.2 Å². The van der Waals surface area contributed by atoms with E-state index in [1.54, 1.807) is 0 Å². The van der Waals surface area contributed by atoms with Gasteiger partial charge in [-0.1, -0.05) is 41.9 Å². The third-order valence-electron chi connectivity index (χ3n) is 3.05. The zero-order valence-electron chi connectivity index (χ0n) is 10.9. The van der Waals surface area contributed by atoms with E-state index in [1.807, 2.05) is 0 Å². The van der Waals surface area contributed by atoms with Crippen molar-refractivity contribution in [2.75, 3.05) is 0 Å². The van der Waals surface area contributed by atoms with Crippen LogP contribution in [0.5, 0.6) is 0 Å². The largest absolute Gasteiger partial charge is 0.300 e. The van der Waals surface area contributed by atoms with E-state index in [2.05, 4.69) is 54.9 Å². The van der Waals surface area contributed by atoms with Crippen molar-refractivity contribution in [1.29, 1.82) is 0 Å². The minimum absolute atomic E-state index is 0.396. The van der Waals surface area contributed by atoms with Crippen LogP contribution in [0.25, 0.3) is 0 Å². The van der Waals surface area contributed by atoms with E-state index in [4.69, 9.17) is 0 Å². The van der Waals surface area contributed by atoms with Crippen LogP contribution in [-0.4, -0.2) is 5.78 Å². The van der Waals surface area contributed by atoms with Crippen molar-refractivity contribution in [1.82, 2.24) is 0 Å². The fraction of sp³-hybridized carbons (Fsp3) is 0.533. The molecule has 0 N–H and O–H groups in total. The predicted octanol–water partition coefficient (Wildman–Crippen LogP) is 4.70. The van der Waals surface area contributed by atoms with E-state index in [-0.39, 0.29) is 0 Å². The summed E-state index contributed by atoms with van der Waals surface area (Å²) in [7, 11) is 0. The summed E-state index contributed by atoms with van der Waals surface area (Å²) in [5.74, 6) is 0.828. The summed E-state index contributed by atoms with van der Waals surface area (Å²) in [6.07, 6.45) is 3.38. The van der Waals surface area contributed by atoms with Gasteiger partial charge in [-0.3, -0.25) is 4.79 Å². The number of hydrogen-bond acceptors (Lipinski definition) is 1. The van der Waals surface area contributed by atoms with Crippen LogP contribution in [-0.2, 0) is 11.2 Å². The lowest BCUT2D eigenvalue weighted by molar-refractivity contribution is -0.119. The number of rotatable bonds is 6. The molecule has 0 aliphatic heterocycles. The fourth-order valence-electron chi connectivity index (χ4n) is 2.09. The molecule has 0 aliphatic carbocycles. The van der Waals surface area contributed by atoms with Crippen LogP contribution < -0.4 is 0 Å². The predicted molar refractivity (Wildman–Crippen MR) is 76.3 cm³/mol. The molecule has 17 heavy (non-hydrogen) atoms. The maximum atomic E-state index is 11.6. The monoisotopic (exact) mass is 296 g/mol. The van der Waals surface area contributed by atoms with Crippen molar-refractivity contribution in [3.05, 3.63) is 33.8 Å². The van der Waals surface area contributed by atoms with Gasteiger partial charge in [0.2, 0.25) is 0 Å². The number of Topliss-reactive ketones (excluding diaryl/α,β-unsaturated/α-hetero) is 1. The van der Waals surface area contributed by atoms with Crippen LogP contribution in [0.3, 0.4) is 0 Å². The molecule has 0 saturated heterocycles. The van der Waals surface area contributed by atoms with Crippen molar-refractivity contribution < 1.29 is 4.79 Å². The maximum absolute atomic E-state index is 11.6. The molecule has 1 aromatic carbocycles. The second-order valence-electron chi connectivity index (χ2n) is 4.83. The summed E-state index contributed by atoms with van der Waals surface area (Å²) in [6.45, 7) is 6.34. The quantitative estimate of drug-likeness (QED) is 0.744. The van der Waals surface area contributed by atoms with Gasteiger partial charge in [-0.2, -0.15) is 0 Å². The molecule has 0 heterocycles. The molecule has 1 rings (SSSR count). The van der Waals surface area contributed by atoms with Crippen LogP contribution in [0.2, 0.25) is 0 Å². The van der Waals surface area contributed by atoms with Gasteiger partial charge in [0.05, 0.1) is 0 Å². The molecule has 1 aromatic rings. The lowest BCUT2D eigenvalue weighted by atomic mass is 9.93. The number of halogens is 1. The van der Waals surface area contributed by atoms with Crippen LogP contribution in [0, 0.1) is 12.8 Å². The van der Waals surface area contributed by atoms with Gasteiger partial charge in [0.1, 0.15) is 5.78 Å². The zero-order chi connectivity index (χ0) is 12.8. The standard InChI is InChI=1S/C15H21BrO/c1-4-6-14(17)10-11(2)9-13-7-5-8-15(16)12(13)3/h5,7-8,11H,4,6,9-10H2,1-3H3. The fourth-order valence-corrected chi connectivity index (χ4v) is 2.50. The molecular formula is C15H21BrO. The summed E-state index contributed by atoms with van der Waals surface area (Å²) in [6, 6.07) is 6.28.